The molecule has 1 aromatic rings. The summed E-state index contributed by atoms with van der Waals surface area (Å²) in [5, 5.41) is 11.7. The number of pyridine rings is 1. The normalized spacial score (nSPS) is 11.3. The zero-order chi connectivity index (χ0) is 12.9. The molecule has 0 saturated carbocycles. The van der Waals surface area contributed by atoms with Crippen LogP contribution in [-0.2, 0) is 0 Å². The molecule has 1 amide bonds. The number of amides is 1. The van der Waals surface area contributed by atoms with Crippen molar-refractivity contribution >= 4 is 21.8 Å². The van der Waals surface area contributed by atoms with Gasteiger partial charge < -0.3 is 10.4 Å². The van der Waals surface area contributed by atoms with Crippen molar-refractivity contribution in [2.45, 2.75) is 20.3 Å². The molecule has 5 heteroatoms. The van der Waals surface area contributed by atoms with Crippen LogP contribution in [0.3, 0.4) is 0 Å². The summed E-state index contributed by atoms with van der Waals surface area (Å²) in [7, 11) is 0. The predicted octanol–water partition coefficient (Wildman–Crippen LogP) is 1.98. The first-order chi connectivity index (χ1) is 7.94. The van der Waals surface area contributed by atoms with Crippen LogP contribution in [0.15, 0.2) is 22.8 Å². The molecular weight excluding hydrogens is 284 g/mol. The highest BCUT2D eigenvalue weighted by atomic mass is 79.9. The van der Waals surface area contributed by atoms with Gasteiger partial charge in [0.2, 0.25) is 0 Å². The topological polar surface area (TPSA) is 62.2 Å². The van der Waals surface area contributed by atoms with Crippen LogP contribution < -0.4 is 5.32 Å². The molecule has 0 bridgehead atoms. The van der Waals surface area contributed by atoms with Crippen molar-refractivity contribution in [3.63, 3.8) is 0 Å². The lowest BCUT2D eigenvalue weighted by atomic mass is 9.90. The van der Waals surface area contributed by atoms with Gasteiger partial charge in [0.1, 0.15) is 5.69 Å². The maximum absolute atomic E-state index is 11.8. The van der Waals surface area contributed by atoms with Crippen LogP contribution in [0.25, 0.3) is 0 Å². The summed E-state index contributed by atoms with van der Waals surface area (Å²) < 4.78 is 0.842. The van der Waals surface area contributed by atoms with E-state index in [2.05, 4.69) is 26.2 Å². The van der Waals surface area contributed by atoms with E-state index in [4.69, 9.17) is 5.11 Å². The molecule has 0 aliphatic rings. The molecule has 0 atom stereocenters. The average Bonchev–Trinajstić information content (AvgIpc) is 2.27. The van der Waals surface area contributed by atoms with E-state index < -0.39 is 0 Å². The number of carbonyl (C=O) groups is 1. The molecule has 2 N–H and O–H groups in total. The number of aromatic nitrogens is 1. The molecule has 0 fully saturated rings. The quantitative estimate of drug-likeness (QED) is 0.874. The summed E-state index contributed by atoms with van der Waals surface area (Å²) >= 11 is 3.26. The molecule has 1 heterocycles. The number of carbonyl (C=O) groups excluding carboxylic acids is 1. The lowest BCUT2D eigenvalue weighted by molar-refractivity contribution is 0.0923. The van der Waals surface area contributed by atoms with Gasteiger partial charge in [0.15, 0.2) is 0 Å². The largest absolute Gasteiger partial charge is 0.396 e. The first kappa shape index (κ1) is 14.1. The van der Waals surface area contributed by atoms with Crippen molar-refractivity contribution in [3.05, 3.63) is 28.5 Å². The van der Waals surface area contributed by atoms with Crippen LogP contribution in [0.2, 0.25) is 0 Å². The van der Waals surface area contributed by atoms with E-state index >= 15 is 0 Å². The van der Waals surface area contributed by atoms with Crippen LogP contribution in [0.4, 0.5) is 0 Å². The fraction of sp³-hybridized carbons (Fsp3) is 0.500. The van der Waals surface area contributed by atoms with E-state index in [1.807, 2.05) is 13.8 Å². The minimum absolute atomic E-state index is 0.111. The predicted molar refractivity (Wildman–Crippen MR) is 69.8 cm³/mol. The van der Waals surface area contributed by atoms with Crippen molar-refractivity contribution in [2.75, 3.05) is 13.2 Å². The second-order valence-corrected chi connectivity index (χ2v) is 5.60. The molecule has 4 nitrogen and oxygen atoms in total. The van der Waals surface area contributed by atoms with Crippen molar-refractivity contribution in [1.29, 1.82) is 0 Å². The molecule has 0 radical (unpaired) electrons. The second-order valence-electron chi connectivity index (χ2n) is 4.68. The van der Waals surface area contributed by atoms with Gasteiger partial charge >= 0.3 is 0 Å². The lowest BCUT2D eigenvalue weighted by Crippen LogP contribution is -2.34. The molecule has 0 unspecified atom stereocenters. The Kier molecular flexibility index (Phi) is 5.08. The summed E-state index contributed by atoms with van der Waals surface area (Å²) in [6.07, 6.45) is 2.24. The minimum Gasteiger partial charge on any atom is -0.396 e. The van der Waals surface area contributed by atoms with Gasteiger partial charge in [0, 0.05) is 23.8 Å². The first-order valence-corrected chi connectivity index (χ1v) is 6.24. The summed E-state index contributed by atoms with van der Waals surface area (Å²) in [5.74, 6) is -0.191. The number of hydrogen-bond acceptors (Lipinski definition) is 3. The van der Waals surface area contributed by atoms with E-state index in [-0.39, 0.29) is 17.9 Å². The molecule has 0 aliphatic carbocycles. The van der Waals surface area contributed by atoms with Gasteiger partial charge in [-0.1, -0.05) is 13.8 Å². The molecule has 0 aliphatic heterocycles. The van der Waals surface area contributed by atoms with Gasteiger partial charge in [0.05, 0.1) is 0 Å². The number of hydrogen-bond donors (Lipinski definition) is 2. The van der Waals surface area contributed by atoms with Crippen LogP contribution in [0.1, 0.15) is 30.8 Å². The molecule has 1 rings (SSSR count). The van der Waals surface area contributed by atoms with Crippen LogP contribution in [0.5, 0.6) is 0 Å². The first-order valence-electron chi connectivity index (χ1n) is 5.45. The van der Waals surface area contributed by atoms with Crippen LogP contribution in [0, 0.1) is 5.41 Å². The summed E-state index contributed by atoms with van der Waals surface area (Å²) in [6.45, 7) is 4.64. The molecular formula is C12H17BrN2O2. The Morgan fingerprint density at radius 2 is 2.24 bits per heavy atom. The Morgan fingerprint density at radius 1 is 1.53 bits per heavy atom. The van der Waals surface area contributed by atoms with Gasteiger partial charge in [-0.25, -0.2) is 4.98 Å². The van der Waals surface area contributed by atoms with Crippen LogP contribution in [-0.4, -0.2) is 29.1 Å². The maximum atomic E-state index is 11.8. The molecule has 17 heavy (non-hydrogen) atoms. The third kappa shape index (κ3) is 4.83. The number of nitrogens with zero attached hydrogens (tertiary/aromatic N) is 1. The highest BCUT2D eigenvalue weighted by molar-refractivity contribution is 9.10. The van der Waals surface area contributed by atoms with Crippen molar-refractivity contribution < 1.29 is 9.90 Å². The number of rotatable bonds is 5. The Bertz CT molecular complexity index is 377. The van der Waals surface area contributed by atoms with Crippen LogP contribution >= 0.6 is 15.9 Å². The third-order valence-electron chi connectivity index (χ3n) is 2.48. The molecule has 94 valence electrons. The second kappa shape index (κ2) is 6.12. The van der Waals surface area contributed by atoms with E-state index in [9.17, 15) is 4.79 Å². The van der Waals surface area contributed by atoms with Crippen molar-refractivity contribution in [3.8, 4) is 0 Å². The third-order valence-corrected chi connectivity index (χ3v) is 2.95. The van der Waals surface area contributed by atoms with E-state index in [0.717, 1.165) is 4.47 Å². The van der Waals surface area contributed by atoms with Gasteiger partial charge in [-0.15, -0.1) is 0 Å². The Hall–Kier alpha value is -0.940. The Morgan fingerprint density at radius 3 is 2.76 bits per heavy atom. The Labute approximate surface area is 110 Å². The highest BCUT2D eigenvalue weighted by Gasteiger charge is 2.18. The number of aliphatic hydroxyl groups excluding tert-OH is 1. The molecule has 0 saturated heterocycles. The zero-order valence-electron chi connectivity index (χ0n) is 10.0. The average molecular weight is 301 g/mol. The standard InChI is InChI=1S/C12H17BrN2O2/c1-12(2,5-6-16)8-15-11(17)10-4-3-9(13)7-14-10/h3-4,7,16H,5-6,8H2,1-2H3,(H,15,17). The fourth-order valence-corrected chi connectivity index (χ4v) is 1.55. The highest BCUT2D eigenvalue weighted by Crippen LogP contribution is 2.18. The van der Waals surface area contributed by atoms with Gasteiger partial charge in [-0.05, 0) is 39.9 Å². The summed E-state index contributed by atoms with van der Waals surface area (Å²) in [6, 6.07) is 3.44. The van der Waals surface area contributed by atoms with Crippen molar-refractivity contribution in [1.82, 2.24) is 10.3 Å². The molecule has 0 spiro atoms. The molecule has 0 aromatic carbocycles. The van der Waals surface area contributed by atoms with E-state index in [0.29, 0.717) is 18.7 Å². The number of halogens is 1. The van der Waals surface area contributed by atoms with E-state index in [1.54, 1.807) is 18.3 Å². The Balaban J connectivity index is 2.53. The maximum Gasteiger partial charge on any atom is 0.269 e. The molecule has 1 aromatic heterocycles. The number of nitrogens with one attached hydrogen (secondary N) is 1. The fourth-order valence-electron chi connectivity index (χ4n) is 1.31. The summed E-state index contributed by atoms with van der Waals surface area (Å²) in [5.41, 5.74) is 0.285. The lowest BCUT2D eigenvalue weighted by Gasteiger charge is -2.23. The minimum atomic E-state index is -0.191. The van der Waals surface area contributed by atoms with Crippen molar-refractivity contribution in [2.24, 2.45) is 5.41 Å². The SMILES string of the molecule is CC(C)(CCO)CNC(=O)c1ccc(Br)cn1. The monoisotopic (exact) mass is 300 g/mol. The smallest absolute Gasteiger partial charge is 0.269 e. The van der Waals surface area contributed by atoms with Gasteiger partial charge in [0.25, 0.3) is 5.91 Å². The van der Waals surface area contributed by atoms with Gasteiger partial charge in [-0.2, -0.15) is 0 Å². The number of aliphatic hydroxyl groups is 1. The zero-order valence-corrected chi connectivity index (χ0v) is 11.6. The van der Waals surface area contributed by atoms with Gasteiger partial charge in [-0.3, -0.25) is 4.79 Å². The van der Waals surface area contributed by atoms with E-state index in [1.165, 1.54) is 0 Å². The summed E-state index contributed by atoms with van der Waals surface area (Å²) in [4.78, 5) is 15.8.